The molecule has 1 heterocycles. The third-order valence-corrected chi connectivity index (χ3v) is 5.22. The molecule has 1 aliphatic rings. The molecule has 0 aromatic carbocycles. The minimum atomic E-state index is 0.277. The maximum Gasteiger partial charge on any atom is 0.143 e. The molecular weight excluding hydrogens is 176 g/mol. The zero-order chi connectivity index (χ0) is 8.27. The lowest BCUT2D eigenvalue weighted by atomic mass is 10.2. The molecule has 11 heavy (non-hydrogen) atoms. The van der Waals surface area contributed by atoms with Crippen LogP contribution in [0.15, 0.2) is 0 Å². The maximum atomic E-state index is 11.1. The molecule has 0 radical (unpaired) electrons. The fraction of sp³-hybridized carbons (Fsp3) is 0.875. The van der Waals surface area contributed by atoms with Gasteiger partial charge in [0.05, 0.1) is 5.25 Å². The van der Waals surface area contributed by atoms with E-state index in [9.17, 15) is 4.79 Å². The van der Waals surface area contributed by atoms with Gasteiger partial charge < -0.3 is 0 Å². The highest BCUT2D eigenvalue weighted by Crippen LogP contribution is 2.33. The number of thioether (sulfide) groups is 2. The summed E-state index contributed by atoms with van der Waals surface area (Å²) in [5.74, 6) is 2.72. The monoisotopic (exact) mass is 190 g/mol. The second-order valence-corrected chi connectivity index (χ2v) is 5.32. The molecule has 64 valence electrons. The van der Waals surface area contributed by atoms with Crippen LogP contribution in [0.5, 0.6) is 0 Å². The van der Waals surface area contributed by atoms with Gasteiger partial charge in [-0.1, -0.05) is 6.92 Å². The van der Waals surface area contributed by atoms with Gasteiger partial charge in [-0.2, -0.15) is 11.8 Å². The molecule has 0 saturated carbocycles. The van der Waals surface area contributed by atoms with Crippen LogP contribution in [0, 0.1) is 0 Å². The van der Waals surface area contributed by atoms with E-state index in [2.05, 4.69) is 6.92 Å². The quantitative estimate of drug-likeness (QED) is 0.664. The third kappa shape index (κ3) is 2.41. The van der Waals surface area contributed by atoms with Crippen molar-refractivity contribution in [1.29, 1.82) is 0 Å². The number of hydrogen-bond acceptors (Lipinski definition) is 3. The smallest absolute Gasteiger partial charge is 0.143 e. The molecule has 1 nitrogen and oxygen atoms in total. The van der Waals surface area contributed by atoms with Gasteiger partial charge in [-0.25, -0.2) is 0 Å². The lowest BCUT2D eigenvalue weighted by Crippen LogP contribution is -2.30. The summed E-state index contributed by atoms with van der Waals surface area (Å²) in [6.07, 6.45) is 1.13. The lowest BCUT2D eigenvalue weighted by molar-refractivity contribution is -0.116. The van der Waals surface area contributed by atoms with E-state index in [0.29, 0.717) is 11.0 Å². The number of carbonyl (C=O) groups excluding carboxylic acids is 1. The van der Waals surface area contributed by atoms with E-state index in [1.54, 1.807) is 6.92 Å². The molecule has 0 spiro atoms. The van der Waals surface area contributed by atoms with Crippen molar-refractivity contribution in [3.05, 3.63) is 0 Å². The second-order valence-electron chi connectivity index (χ2n) is 2.72. The largest absolute Gasteiger partial charge is 0.299 e. The van der Waals surface area contributed by atoms with E-state index in [-0.39, 0.29) is 5.25 Å². The van der Waals surface area contributed by atoms with Crippen molar-refractivity contribution in [2.24, 2.45) is 0 Å². The highest BCUT2D eigenvalue weighted by Gasteiger charge is 2.27. The van der Waals surface area contributed by atoms with Gasteiger partial charge in [0, 0.05) is 16.8 Å². The Hall–Kier alpha value is 0.370. The maximum absolute atomic E-state index is 11.1. The zero-order valence-electron chi connectivity index (χ0n) is 7.00. The van der Waals surface area contributed by atoms with Crippen molar-refractivity contribution in [2.75, 3.05) is 11.5 Å². The fourth-order valence-electron chi connectivity index (χ4n) is 1.28. The minimum absolute atomic E-state index is 0.277. The standard InChI is InChI=1S/C8H14OS2/c1-3-7-8(6(2)9)11-5-4-10-7/h7-8H,3-5H2,1-2H3. The number of ketones is 1. The molecule has 0 bridgehead atoms. The molecular formula is C8H14OS2. The van der Waals surface area contributed by atoms with Gasteiger partial charge in [-0.05, 0) is 13.3 Å². The summed E-state index contributed by atoms with van der Waals surface area (Å²) in [6, 6.07) is 0. The van der Waals surface area contributed by atoms with Gasteiger partial charge in [-0.15, -0.1) is 11.8 Å². The van der Waals surface area contributed by atoms with Gasteiger partial charge in [0.1, 0.15) is 5.78 Å². The minimum Gasteiger partial charge on any atom is -0.299 e. The van der Waals surface area contributed by atoms with Crippen molar-refractivity contribution in [3.63, 3.8) is 0 Å². The van der Waals surface area contributed by atoms with Crippen LogP contribution in [0.25, 0.3) is 0 Å². The Morgan fingerprint density at radius 1 is 1.45 bits per heavy atom. The van der Waals surface area contributed by atoms with E-state index in [1.165, 1.54) is 5.75 Å². The Morgan fingerprint density at radius 3 is 2.55 bits per heavy atom. The van der Waals surface area contributed by atoms with Crippen LogP contribution < -0.4 is 0 Å². The summed E-state index contributed by atoms with van der Waals surface area (Å²) in [4.78, 5) is 11.1. The van der Waals surface area contributed by atoms with E-state index >= 15 is 0 Å². The van der Waals surface area contributed by atoms with Crippen molar-refractivity contribution in [3.8, 4) is 0 Å². The molecule has 0 N–H and O–H groups in total. The number of Topliss-reactive ketones (excluding diaryl/α,β-unsaturated/α-hetero) is 1. The molecule has 2 unspecified atom stereocenters. The van der Waals surface area contributed by atoms with E-state index < -0.39 is 0 Å². The Balaban J connectivity index is 2.51. The van der Waals surface area contributed by atoms with Gasteiger partial charge in [0.2, 0.25) is 0 Å². The van der Waals surface area contributed by atoms with Crippen molar-refractivity contribution in [2.45, 2.75) is 30.8 Å². The highest BCUT2D eigenvalue weighted by molar-refractivity contribution is 8.07. The van der Waals surface area contributed by atoms with E-state index in [0.717, 1.165) is 12.2 Å². The zero-order valence-corrected chi connectivity index (χ0v) is 8.63. The predicted octanol–water partition coefficient (Wildman–Crippen LogP) is 2.20. The Labute approximate surface area is 76.7 Å². The summed E-state index contributed by atoms with van der Waals surface area (Å²) in [7, 11) is 0. The molecule has 1 rings (SSSR count). The summed E-state index contributed by atoms with van der Waals surface area (Å²) >= 11 is 3.79. The van der Waals surface area contributed by atoms with E-state index in [4.69, 9.17) is 0 Å². The first-order chi connectivity index (χ1) is 5.25. The molecule has 0 aromatic heterocycles. The Bertz CT molecular complexity index is 147. The van der Waals surface area contributed by atoms with Gasteiger partial charge in [0.15, 0.2) is 0 Å². The van der Waals surface area contributed by atoms with Crippen molar-refractivity contribution >= 4 is 29.3 Å². The molecule has 0 amide bonds. The van der Waals surface area contributed by atoms with Crippen molar-refractivity contribution in [1.82, 2.24) is 0 Å². The number of hydrogen-bond donors (Lipinski definition) is 0. The first kappa shape index (κ1) is 9.46. The average molecular weight is 190 g/mol. The second kappa shape index (κ2) is 4.41. The van der Waals surface area contributed by atoms with Crippen LogP contribution in [0.3, 0.4) is 0 Å². The highest BCUT2D eigenvalue weighted by atomic mass is 32.2. The van der Waals surface area contributed by atoms with Crippen LogP contribution in [0.1, 0.15) is 20.3 Å². The van der Waals surface area contributed by atoms with Gasteiger partial charge in [0.25, 0.3) is 0 Å². The summed E-state index contributed by atoms with van der Waals surface area (Å²) in [6.45, 7) is 3.88. The summed E-state index contributed by atoms with van der Waals surface area (Å²) < 4.78 is 0. The van der Waals surface area contributed by atoms with Crippen LogP contribution in [-0.4, -0.2) is 27.8 Å². The molecule has 1 fully saturated rings. The topological polar surface area (TPSA) is 17.1 Å². The SMILES string of the molecule is CCC1SCCSC1C(C)=O. The van der Waals surface area contributed by atoms with Gasteiger partial charge in [-0.3, -0.25) is 4.79 Å². The molecule has 1 saturated heterocycles. The fourth-order valence-corrected chi connectivity index (χ4v) is 4.32. The Kier molecular flexibility index (Phi) is 3.79. The molecule has 0 aromatic rings. The number of rotatable bonds is 2. The average Bonchev–Trinajstić information content (AvgIpc) is 2.04. The third-order valence-electron chi connectivity index (χ3n) is 1.85. The molecule has 3 heteroatoms. The van der Waals surface area contributed by atoms with Crippen LogP contribution in [0.2, 0.25) is 0 Å². The van der Waals surface area contributed by atoms with Gasteiger partial charge >= 0.3 is 0 Å². The molecule has 2 atom stereocenters. The Morgan fingerprint density at radius 2 is 2.09 bits per heavy atom. The summed E-state index contributed by atoms with van der Waals surface area (Å²) in [5.41, 5.74) is 0. The normalized spacial score (nSPS) is 31.8. The first-order valence-corrected chi connectivity index (χ1v) is 6.09. The lowest BCUT2D eigenvalue weighted by Gasteiger charge is -2.27. The van der Waals surface area contributed by atoms with Crippen molar-refractivity contribution < 1.29 is 4.79 Å². The molecule has 1 aliphatic heterocycles. The molecule has 0 aliphatic carbocycles. The predicted molar refractivity (Wildman–Crippen MR) is 53.5 cm³/mol. The number of carbonyl (C=O) groups is 1. The van der Waals surface area contributed by atoms with E-state index in [1.807, 2.05) is 23.5 Å². The summed E-state index contributed by atoms with van der Waals surface area (Å²) in [5, 5.41) is 0.852. The van der Waals surface area contributed by atoms with Crippen LogP contribution >= 0.6 is 23.5 Å². The van der Waals surface area contributed by atoms with Crippen LogP contribution in [-0.2, 0) is 4.79 Å². The van der Waals surface area contributed by atoms with Crippen LogP contribution in [0.4, 0.5) is 0 Å². The first-order valence-electron chi connectivity index (χ1n) is 3.99.